The fourth-order valence-electron chi connectivity index (χ4n) is 5.42. The number of aryl methyl sites for hydroxylation is 1. The van der Waals surface area contributed by atoms with Gasteiger partial charge in [-0.3, -0.25) is 4.40 Å². The summed E-state index contributed by atoms with van der Waals surface area (Å²) in [7, 11) is -0.765. The van der Waals surface area contributed by atoms with E-state index in [1.165, 1.54) is 4.31 Å². The van der Waals surface area contributed by atoms with Crippen molar-refractivity contribution in [2.45, 2.75) is 31.3 Å². The van der Waals surface area contributed by atoms with Crippen molar-refractivity contribution in [3.8, 4) is 34.3 Å². The maximum atomic E-state index is 14.2. The van der Waals surface area contributed by atoms with E-state index < -0.39 is 10.0 Å². The lowest BCUT2D eigenvalue weighted by molar-refractivity contribution is 0.397. The summed E-state index contributed by atoms with van der Waals surface area (Å²) in [5.74, 6) is 2.35. The van der Waals surface area contributed by atoms with E-state index >= 15 is 0 Å². The second kappa shape index (κ2) is 13.9. The van der Waals surface area contributed by atoms with Crippen LogP contribution in [-0.2, 0) is 29.5 Å². The molecule has 2 aromatic heterocycles. The van der Waals surface area contributed by atoms with Gasteiger partial charge in [0, 0.05) is 30.9 Å². The third kappa shape index (κ3) is 6.97. The number of rotatable bonds is 12. The van der Waals surface area contributed by atoms with Gasteiger partial charge < -0.3 is 14.2 Å². The summed E-state index contributed by atoms with van der Waals surface area (Å²) < 4.78 is 48.7. The van der Waals surface area contributed by atoms with E-state index in [-0.39, 0.29) is 18.0 Å². The Hall–Kier alpha value is -4.83. The molecular formula is C37H34ClN3O5S. The summed E-state index contributed by atoms with van der Waals surface area (Å²) in [5.41, 5.74) is 5.10. The lowest BCUT2D eigenvalue weighted by Crippen LogP contribution is -2.30. The summed E-state index contributed by atoms with van der Waals surface area (Å²) in [5, 5.41) is 0.576. The zero-order valence-corrected chi connectivity index (χ0v) is 27.8. The Kier molecular flexibility index (Phi) is 9.49. The first kappa shape index (κ1) is 32.1. The Morgan fingerprint density at radius 1 is 0.745 bits per heavy atom. The maximum absolute atomic E-state index is 14.2. The van der Waals surface area contributed by atoms with Crippen molar-refractivity contribution >= 4 is 27.3 Å². The van der Waals surface area contributed by atoms with Gasteiger partial charge in [-0.2, -0.15) is 4.31 Å². The second-order valence-electron chi connectivity index (χ2n) is 10.9. The maximum Gasteiger partial charge on any atom is 0.243 e. The molecule has 6 aromatic rings. The Morgan fingerprint density at radius 2 is 1.34 bits per heavy atom. The third-order valence-corrected chi connectivity index (χ3v) is 9.91. The Morgan fingerprint density at radius 3 is 1.94 bits per heavy atom. The Labute approximate surface area is 279 Å². The van der Waals surface area contributed by atoms with Gasteiger partial charge in [-0.15, -0.1) is 0 Å². The molecule has 0 radical (unpaired) electrons. The average Bonchev–Trinajstić information content (AvgIpc) is 3.49. The number of hydrogen-bond acceptors (Lipinski definition) is 6. The van der Waals surface area contributed by atoms with Crippen molar-refractivity contribution < 1.29 is 22.6 Å². The normalized spacial score (nSPS) is 11.6. The fraction of sp³-hybridized carbons (Fsp3) is 0.162. The monoisotopic (exact) mass is 667 g/mol. The number of sulfonamides is 1. The molecule has 0 bridgehead atoms. The van der Waals surface area contributed by atoms with E-state index in [9.17, 15) is 8.42 Å². The molecule has 0 amide bonds. The van der Waals surface area contributed by atoms with Crippen molar-refractivity contribution in [2.75, 3.05) is 14.2 Å². The third-order valence-electron chi connectivity index (χ3n) is 7.83. The predicted octanol–water partition coefficient (Wildman–Crippen LogP) is 8.42. The number of benzene rings is 4. The standard InChI is InChI=1S/C37H34ClN3O5S/c1-4-35-36(41-21-7-12-34(38)37(41)39-35)28-8-5-9-31(22-28)46-32-10-6-11-33(23-32)47(42,43)40(24-26-13-17-29(44-2)18-14-26)25-27-15-19-30(45-3)20-16-27/h5-23H,4,24-25H2,1-3H3. The molecule has 0 saturated heterocycles. The summed E-state index contributed by atoms with van der Waals surface area (Å²) in [6, 6.07) is 32.7. The first-order chi connectivity index (χ1) is 22.8. The minimum absolute atomic E-state index is 0.123. The minimum atomic E-state index is -3.96. The summed E-state index contributed by atoms with van der Waals surface area (Å²) in [6.07, 6.45) is 2.66. The van der Waals surface area contributed by atoms with E-state index in [4.69, 9.17) is 30.8 Å². The molecule has 4 aromatic carbocycles. The van der Waals surface area contributed by atoms with Crippen LogP contribution in [0.5, 0.6) is 23.0 Å². The van der Waals surface area contributed by atoms with Gasteiger partial charge >= 0.3 is 0 Å². The highest BCUT2D eigenvalue weighted by Gasteiger charge is 2.26. The Bertz CT molecular complexity index is 2060. The molecule has 0 N–H and O–H groups in total. The van der Waals surface area contributed by atoms with Crippen molar-refractivity contribution in [3.05, 3.63) is 137 Å². The summed E-state index contributed by atoms with van der Waals surface area (Å²) >= 11 is 6.44. The molecule has 10 heteroatoms. The molecule has 2 heterocycles. The predicted molar refractivity (Wildman–Crippen MR) is 184 cm³/mol. The number of aromatic nitrogens is 2. The van der Waals surface area contributed by atoms with Crippen LogP contribution >= 0.6 is 11.6 Å². The molecule has 47 heavy (non-hydrogen) atoms. The molecule has 0 saturated carbocycles. The first-order valence-electron chi connectivity index (χ1n) is 15.1. The highest BCUT2D eigenvalue weighted by atomic mass is 35.5. The molecule has 240 valence electrons. The smallest absolute Gasteiger partial charge is 0.243 e. The van der Waals surface area contributed by atoms with Crippen LogP contribution in [-0.4, -0.2) is 36.3 Å². The van der Waals surface area contributed by atoms with E-state index in [2.05, 4.69) is 6.92 Å². The van der Waals surface area contributed by atoms with Crippen LogP contribution in [0, 0.1) is 0 Å². The minimum Gasteiger partial charge on any atom is -0.497 e. The summed E-state index contributed by atoms with van der Waals surface area (Å²) in [6.45, 7) is 2.38. The van der Waals surface area contributed by atoms with Crippen LogP contribution in [0.3, 0.4) is 0 Å². The van der Waals surface area contributed by atoms with Crippen molar-refractivity contribution in [2.24, 2.45) is 0 Å². The highest BCUT2D eigenvalue weighted by molar-refractivity contribution is 7.89. The van der Waals surface area contributed by atoms with E-state index in [0.717, 1.165) is 34.5 Å². The fourth-order valence-corrected chi connectivity index (χ4v) is 7.08. The molecule has 0 unspecified atom stereocenters. The lowest BCUT2D eigenvalue weighted by atomic mass is 10.1. The van der Waals surface area contributed by atoms with Crippen LogP contribution in [0.2, 0.25) is 5.02 Å². The van der Waals surface area contributed by atoms with Gasteiger partial charge in [0.15, 0.2) is 5.65 Å². The zero-order chi connectivity index (χ0) is 33.0. The number of halogens is 1. The molecule has 8 nitrogen and oxygen atoms in total. The van der Waals surface area contributed by atoms with Crippen LogP contribution in [0.25, 0.3) is 16.9 Å². The quantitative estimate of drug-likeness (QED) is 0.130. The number of imidazole rings is 1. The van der Waals surface area contributed by atoms with Gasteiger partial charge in [0.2, 0.25) is 10.0 Å². The number of ether oxygens (including phenoxy) is 3. The van der Waals surface area contributed by atoms with Crippen LogP contribution in [0.1, 0.15) is 23.7 Å². The molecule has 0 aliphatic rings. The molecule has 0 aliphatic heterocycles. The zero-order valence-electron chi connectivity index (χ0n) is 26.3. The van der Waals surface area contributed by atoms with Gasteiger partial charge in [0.1, 0.15) is 23.0 Å². The van der Waals surface area contributed by atoms with Gasteiger partial charge in [0.25, 0.3) is 0 Å². The number of nitrogens with zero attached hydrogens (tertiary/aromatic N) is 3. The van der Waals surface area contributed by atoms with E-state index in [1.807, 2.05) is 95.5 Å². The first-order valence-corrected chi connectivity index (χ1v) is 16.9. The topological polar surface area (TPSA) is 82.4 Å². The second-order valence-corrected chi connectivity index (χ2v) is 13.2. The number of pyridine rings is 1. The molecule has 0 atom stereocenters. The van der Waals surface area contributed by atoms with E-state index in [0.29, 0.717) is 33.7 Å². The molecular weight excluding hydrogens is 634 g/mol. The lowest BCUT2D eigenvalue weighted by Gasteiger charge is -2.23. The SMILES string of the molecule is CCc1nc2c(Cl)cccn2c1-c1cccc(Oc2cccc(S(=O)(=O)N(Cc3ccc(OC)cc3)Cc3ccc(OC)cc3)c2)c1. The number of fused-ring (bicyclic) bond motifs is 1. The average molecular weight is 668 g/mol. The van der Waals surface area contributed by atoms with Gasteiger partial charge in [-0.1, -0.05) is 61.0 Å². The molecule has 0 aliphatic carbocycles. The van der Waals surface area contributed by atoms with Gasteiger partial charge in [-0.05, 0) is 78.2 Å². The van der Waals surface area contributed by atoms with E-state index in [1.54, 1.807) is 38.5 Å². The van der Waals surface area contributed by atoms with Crippen molar-refractivity contribution in [1.82, 2.24) is 13.7 Å². The van der Waals surface area contributed by atoms with Crippen LogP contribution in [0.15, 0.2) is 120 Å². The molecule has 0 spiro atoms. The van der Waals surface area contributed by atoms with Crippen LogP contribution in [0.4, 0.5) is 0 Å². The number of methoxy groups -OCH3 is 2. The number of hydrogen-bond donors (Lipinski definition) is 0. The van der Waals surface area contributed by atoms with Crippen LogP contribution < -0.4 is 14.2 Å². The molecule has 0 fully saturated rings. The highest BCUT2D eigenvalue weighted by Crippen LogP contribution is 2.33. The largest absolute Gasteiger partial charge is 0.497 e. The van der Waals surface area contributed by atoms with Crippen molar-refractivity contribution in [1.29, 1.82) is 0 Å². The molecule has 6 rings (SSSR count). The van der Waals surface area contributed by atoms with Gasteiger partial charge in [0.05, 0.1) is 35.5 Å². The Balaban J connectivity index is 1.30. The summed E-state index contributed by atoms with van der Waals surface area (Å²) in [4.78, 5) is 4.88. The van der Waals surface area contributed by atoms with Crippen molar-refractivity contribution in [3.63, 3.8) is 0 Å². The van der Waals surface area contributed by atoms with Gasteiger partial charge in [-0.25, -0.2) is 13.4 Å².